The van der Waals surface area contributed by atoms with E-state index in [1.54, 1.807) is 21.3 Å². The molecular formula is C24H31NO5. The molecule has 162 valence electrons. The second-order valence-corrected chi connectivity index (χ2v) is 7.87. The number of benzene rings is 2. The first-order chi connectivity index (χ1) is 14.4. The third-order valence-electron chi connectivity index (χ3n) is 5.97. The van der Waals surface area contributed by atoms with Gasteiger partial charge in [-0.25, -0.2) is 0 Å². The molecule has 3 rings (SSSR count). The van der Waals surface area contributed by atoms with E-state index in [4.69, 9.17) is 14.2 Å². The van der Waals surface area contributed by atoms with E-state index in [1.165, 1.54) is 16.7 Å². The number of hydrogen-bond acceptors (Lipinski definition) is 5. The standard InChI is InChI=1S/C24H31NO5/c1-15-6-7-19(16(2)12-15)22(25-10-8-17(9-11-25)24(26)27)18-13-20(28-3)23(30-5)21(14-18)29-4/h6-7,12-14,17,22H,8-11H2,1-5H3,(H,26,27). The molecule has 1 aliphatic heterocycles. The maximum Gasteiger partial charge on any atom is 0.306 e. The number of carboxylic acid groups (broad SMARTS) is 1. The molecule has 0 aromatic heterocycles. The first kappa shape index (κ1) is 22.0. The minimum Gasteiger partial charge on any atom is -0.493 e. The number of aliphatic carboxylic acids is 1. The summed E-state index contributed by atoms with van der Waals surface area (Å²) in [7, 11) is 4.83. The molecule has 30 heavy (non-hydrogen) atoms. The fourth-order valence-electron chi connectivity index (χ4n) is 4.38. The van der Waals surface area contributed by atoms with Gasteiger partial charge in [-0.2, -0.15) is 0 Å². The molecule has 1 aliphatic rings. The van der Waals surface area contributed by atoms with Crippen LogP contribution in [0.1, 0.15) is 41.1 Å². The zero-order chi connectivity index (χ0) is 21.8. The monoisotopic (exact) mass is 413 g/mol. The highest BCUT2D eigenvalue weighted by molar-refractivity contribution is 5.70. The summed E-state index contributed by atoms with van der Waals surface area (Å²) in [6.45, 7) is 5.64. The summed E-state index contributed by atoms with van der Waals surface area (Å²) in [5.74, 6) is 0.809. The summed E-state index contributed by atoms with van der Waals surface area (Å²) < 4.78 is 16.7. The van der Waals surface area contributed by atoms with Crippen molar-refractivity contribution >= 4 is 5.97 Å². The molecular weight excluding hydrogens is 382 g/mol. The Morgan fingerprint density at radius 2 is 1.60 bits per heavy atom. The van der Waals surface area contributed by atoms with Gasteiger partial charge < -0.3 is 19.3 Å². The highest BCUT2D eigenvalue weighted by Crippen LogP contribution is 2.43. The molecule has 1 fully saturated rings. The average molecular weight is 414 g/mol. The summed E-state index contributed by atoms with van der Waals surface area (Å²) in [4.78, 5) is 13.8. The fourth-order valence-corrected chi connectivity index (χ4v) is 4.38. The molecule has 0 bridgehead atoms. The van der Waals surface area contributed by atoms with Gasteiger partial charge in [-0.05, 0) is 68.6 Å². The van der Waals surface area contributed by atoms with Crippen molar-refractivity contribution in [2.75, 3.05) is 34.4 Å². The lowest BCUT2D eigenvalue weighted by Crippen LogP contribution is -2.39. The highest BCUT2D eigenvalue weighted by atomic mass is 16.5. The topological polar surface area (TPSA) is 68.2 Å². The maximum absolute atomic E-state index is 11.4. The molecule has 1 saturated heterocycles. The molecule has 0 spiro atoms. The number of rotatable bonds is 7. The molecule has 0 radical (unpaired) electrons. The van der Waals surface area contributed by atoms with E-state index < -0.39 is 5.97 Å². The largest absolute Gasteiger partial charge is 0.493 e. The zero-order valence-corrected chi connectivity index (χ0v) is 18.4. The van der Waals surface area contributed by atoms with Gasteiger partial charge >= 0.3 is 5.97 Å². The zero-order valence-electron chi connectivity index (χ0n) is 18.4. The summed E-state index contributed by atoms with van der Waals surface area (Å²) in [6.07, 6.45) is 1.28. The predicted molar refractivity (Wildman–Crippen MR) is 116 cm³/mol. The van der Waals surface area contributed by atoms with Crippen LogP contribution in [-0.4, -0.2) is 50.4 Å². The van der Waals surface area contributed by atoms with Crippen LogP contribution in [0.15, 0.2) is 30.3 Å². The number of ether oxygens (including phenoxy) is 3. The van der Waals surface area contributed by atoms with Crippen LogP contribution in [0.3, 0.4) is 0 Å². The van der Waals surface area contributed by atoms with Crippen LogP contribution in [0.25, 0.3) is 0 Å². The Morgan fingerprint density at radius 3 is 2.07 bits per heavy atom. The van der Waals surface area contributed by atoms with E-state index >= 15 is 0 Å². The molecule has 1 unspecified atom stereocenters. The van der Waals surface area contributed by atoms with Gasteiger partial charge in [-0.1, -0.05) is 23.8 Å². The molecule has 6 nitrogen and oxygen atoms in total. The second kappa shape index (κ2) is 9.39. The molecule has 1 heterocycles. The van der Waals surface area contributed by atoms with Gasteiger partial charge in [0.2, 0.25) is 5.75 Å². The van der Waals surface area contributed by atoms with Gasteiger partial charge in [0.05, 0.1) is 33.3 Å². The predicted octanol–water partition coefficient (Wildman–Crippen LogP) is 4.22. The van der Waals surface area contributed by atoms with Crippen molar-refractivity contribution in [2.24, 2.45) is 5.92 Å². The van der Waals surface area contributed by atoms with Crippen molar-refractivity contribution < 1.29 is 24.1 Å². The third kappa shape index (κ3) is 4.38. The molecule has 2 aromatic carbocycles. The molecule has 0 amide bonds. The van der Waals surface area contributed by atoms with Gasteiger partial charge in [-0.3, -0.25) is 9.69 Å². The van der Waals surface area contributed by atoms with Crippen LogP contribution in [0.5, 0.6) is 17.2 Å². The Kier molecular flexibility index (Phi) is 6.87. The van der Waals surface area contributed by atoms with Crippen LogP contribution in [0, 0.1) is 19.8 Å². The number of piperidine rings is 1. The minimum atomic E-state index is -0.703. The Hall–Kier alpha value is -2.73. The van der Waals surface area contributed by atoms with Crippen LogP contribution in [-0.2, 0) is 4.79 Å². The lowest BCUT2D eigenvalue weighted by atomic mass is 9.89. The van der Waals surface area contributed by atoms with Gasteiger partial charge in [0, 0.05) is 0 Å². The highest BCUT2D eigenvalue weighted by Gasteiger charge is 2.32. The minimum absolute atomic E-state index is 0.0333. The number of hydrogen-bond donors (Lipinski definition) is 1. The lowest BCUT2D eigenvalue weighted by molar-refractivity contribution is -0.143. The van der Waals surface area contributed by atoms with E-state index in [2.05, 4.69) is 36.9 Å². The normalized spacial score (nSPS) is 16.2. The van der Waals surface area contributed by atoms with Gasteiger partial charge in [0.25, 0.3) is 0 Å². The molecule has 2 aromatic rings. The number of aryl methyl sites for hydroxylation is 2. The van der Waals surface area contributed by atoms with E-state index in [0.29, 0.717) is 43.2 Å². The van der Waals surface area contributed by atoms with E-state index in [9.17, 15) is 9.90 Å². The number of carboxylic acids is 1. The first-order valence-electron chi connectivity index (χ1n) is 10.2. The van der Waals surface area contributed by atoms with Crippen LogP contribution in [0.2, 0.25) is 0 Å². The summed E-state index contributed by atoms with van der Waals surface area (Å²) in [5, 5.41) is 9.40. The maximum atomic E-state index is 11.4. The van der Waals surface area contributed by atoms with Crippen molar-refractivity contribution in [3.8, 4) is 17.2 Å². The third-order valence-corrected chi connectivity index (χ3v) is 5.97. The average Bonchev–Trinajstić information content (AvgIpc) is 2.74. The Bertz CT molecular complexity index is 877. The summed E-state index contributed by atoms with van der Waals surface area (Å²) in [6, 6.07) is 10.4. The Morgan fingerprint density at radius 1 is 1.00 bits per heavy atom. The molecule has 1 atom stereocenters. The van der Waals surface area contributed by atoms with Crippen molar-refractivity contribution in [1.29, 1.82) is 0 Å². The summed E-state index contributed by atoms with van der Waals surface area (Å²) in [5.41, 5.74) is 4.65. The quantitative estimate of drug-likeness (QED) is 0.733. The van der Waals surface area contributed by atoms with Gasteiger partial charge in [0.1, 0.15) is 0 Å². The number of nitrogens with zero attached hydrogens (tertiary/aromatic N) is 1. The first-order valence-corrected chi connectivity index (χ1v) is 10.2. The fraction of sp³-hybridized carbons (Fsp3) is 0.458. The van der Waals surface area contributed by atoms with Gasteiger partial charge in [0.15, 0.2) is 11.5 Å². The number of methoxy groups -OCH3 is 3. The number of carbonyl (C=O) groups is 1. The van der Waals surface area contributed by atoms with Crippen molar-refractivity contribution in [3.05, 3.63) is 52.6 Å². The van der Waals surface area contributed by atoms with E-state index in [0.717, 1.165) is 5.56 Å². The van der Waals surface area contributed by atoms with Crippen LogP contribution < -0.4 is 14.2 Å². The molecule has 0 aliphatic carbocycles. The van der Waals surface area contributed by atoms with Gasteiger partial charge in [-0.15, -0.1) is 0 Å². The molecule has 0 saturated carbocycles. The SMILES string of the molecule is COc1cc(C(c2ccc(C)cc2C)N2CCC(C(=O)O)CC2)cc(OC)c1OC. The van der Waals surface area contributed by atoms with Crippen molar-refractivity contribution in [3.63, 3.8) is 0 Å². The Labute approximate surface area is 178 Å². The number of likely N-dealkylation sites (tertiary alicyclic amines) is 1. The van der Waals surface area contributed by atoms with Crippen molar-refractivity contribution in [1.82, 2.24) is 4.90 Å². The Balaban J connectivity index is 2.09. The molecule has 6 heteroatoms. The van der Waals surface area contributed by atoms with E-state index in [-0.39, 0.29) is 12.0 Å². The molecule has 1 N–H and O–H groups in total. The van der Waals surface area contributed by atoms with Crippen LogP contribution in [0.4, 0.5) is 0 Å². The smallest absolute Gasteiger partial charge is 0.306 e. The lowest BCUT2D eigenvalue weighted by Gasteiger charge is -2.38. The van der Waals surface area contributed by atoms with E-state index in [1.807, 2.05) is 12.1 Å². The van der Waals surface area contributed by atoms with Crippen molar-refractivity contribution in [2.45, 2.75) is 32.7 Å². The second-order valence-electron chi connectivity index (χ2n) is 7.87. The van der Waals surface area contributed by atoms with Crippen LogP contribution >= 0.6 is 0 Å². The summed E-state index contributed by atoms with van der Waals surface area (Å²) >= 11 is 0.